The molecule has 0 heterocycles. The van der Waals surface area contributed by atoms with Gasteiger partial charge in [-0.05, 0) is 0 Å². The van der Waals surface area contributed by atoms with E-state index in [1.807, 2.05) is 0 Å². The summed E-state index contributed by atoms with van der Waals surface area (Å²) in [5.41, 5.74) is 13.6. The molecule has 0 aromatic heterocycles. The minimum Gasteiger partial charge on any atom is -1.00 e. The topological polar surface area (TPSA) is 0 Å². The van der Waals surface area contributed by atoms with Gasteiger partial charge in [0.15, 0.2) is 0 Å². The van der Waals surface area contributed by atoms with Gasteiger partial charge in [-0.2, -0.15) is 0 Å². The predicted octanol–water partition coefficient (Wildman–Crippen LogP) is 0.224. The summed E-state index contributed by atoms with van der Waals surface area (Å²) < 4.78 is 0.577. The zero-order chi connectivity index (χ0) is 16.8. The average molecular weight is 462 g/mol. The van der Waals surface area contributed by atoms with Crippen LogP contribution in [0.5, 0.6) is 0 Å². The van der Waals surface area contributed by atoms with Gasteiger partial charge in [0.1, 0.15) is 0 Å². The van der Waals surface area contributed by atoms with E-state index in [2.05, 4.69) is 63.3 Å². The molecule has 2 aromatic rings. The van der Waals surface area contributed by atoms with Crippen molar-refractivity contribution in [3.8, 4) is 11.1 Å². The van der Waals surface area contributed by atoms with E-state index in [9.17, 15) is 0 Å². The molecule has 1 atom stereocenters. The van der Waals surface area contributed by atoms with Crippen molar-refractivity contribution in [1.82, 2.24) is 0 Å². The Morgan fingerprint density at radius 2 is 1.85 bits per heavy atom. The molecule has 3 heteroatoms. The van der Waals surface area contributed by atoms with Crippen LogP contribution in [0.25, 0.3) is 16.7 Å². The van der Waals surface area contributed by atoms with Crippen LogP contribution in [-0.4, -0.2) is 0 Å². The number of hydrogen-bond acceptors (Lipinski definition) is 0. The molecular weight excluding hydrogens is 438 g/mol. The van der Waals surface area contributed by atoms with E-state index in [0.717, 1.165) is 6.42 Å². The third-order valence-corrected chi connectivity index (χ3v) is 6.92. The maximum atomic E-state index is 2.50. The van der Waals surface area contributed by atoms with Crippen molar-refractivity contribution in [2.45, 2.75) is 43.7 Å². The maximum Gasteiger partial charge on any atom is -1.00 e. The van der Waals surface area contributed by atoms with Crippen LogP contribution < -0.4 is 24.8 Å². The second kappa shape index (κ2) is 8.60. The molecule has 4 rings (SSSR count). The SMILES string of the molecule is CCCc1cc2c(c(C3=CC=CC3)c1C)[CH]([Zr+2])c1cc(C)ccc1-2.[Cl-].[Cl-]. The second-order valence-corrected chi connectivity index (χ2v) is 8.51. The van der Waals surface area contributed by atoms with E-state index in [-0.39, 0.29) is 24.8 Å². The first kappa shape index (κ1) is 21.7. The Morgan fingerprint density at radius 3 is 2.50 bits per heavy atom. The van der Waals surface area contributed by atoms with Gasteiger partial charge in [-0.1, -0.05) is 0 Å². The molecule has 0 nitrogen and oxygen atoms in total. The fourth-order valence-corrected chi connectivity index (χ4v) is 5.60. The van der Waals surface area contributed by atoms with Crippen molar-refractivity contribution in [3.63, 3.8) is 0 Å². The summed E-state index contributed by atoms with van der Waals surface area (Å²) in [5.74, 6) is 0. The van der Waals surface area contributed by atoms with Crippen LogP contribution in [-0.2, 0) is 31.1 Å². The van der Waals surface area contributed by atoms with E-state index >= 15 is 0 Å². The third-order valence-electron chi connectivity index (χ3n) is 5.44. The normalized spacial score (nSPS) is 16.5. The van der Waals surface area contributed by atoms with Gasteiger partial charge < -0.3 is 24.8 Å². The van der Waals surface area contributed by atoms with Crippen LogP contribution in [0.4, 0.5) is 0 Å². The molecule has 0 saturated carbocycles. The van der Waals surface area contributed by atoms with E-state index in [1.165, 1.54) is 46.2 Å². The Labute approximate surface area is 184 Å². The molecule has 0 bridgehead atoms. The van der Waals surface area contributed by atoms with Gasteiger partial charge in [0.2, 0.25) is 0 Å². The Balaban J connectivity index is 0.00000121. The zero-order valence-electron chi connectivity index (χ0n) is 15.5. The number of aryl methyl sites for hydroxylation is 2. The maximum absolute atomic E-state index is 2.50. The van der Waals surface area contributed by atoms with Crippen LogP contribution in [0.1, 0.15) is 56.8 Å². The van der Waals surface area contributed by atoms with Gasteiger partial charge >= 0.3 is 161 Å². The molecule has 0 spiro atoms. The standard InChI is InChI=1S/C23H23.2ClH.Zr/c1-4-7-18-13-21-20-11-10-15(2)12-19(20)14-22(21)23(16(18)3)17-8-5-6-9-17;;;/h5-6,8,10-14H,4,7,9H2,1-3H3;2*1H;/q;;;+2/p-2. The van der Waals surface area contributed by atoms with Crippen LogP contribution in [0.2, 0.25) is 0 Å². The summed E-state index contributed by atoms with van der Waals surface area (Å²) in [5, 5.41) is 0. The van der Waals surface area contributed by atoms with Crippen LogP contribution >= 0.6 is 0 Å². The van der Waals surface area contributed by atoms with Crippen molar-refractivity contribution in [3.05, 3.63) is 75.9 Å². The monoisotopic (exact) mass is 459 g/mol. The summed E-state index contributed by atoms with van der Waals surface area (Å²) in [6.07, 6.45) is 10.3. The molecular formula is C23H23Cl2Zr. The van der Waals surface area contributed by atoms with Gasteiger partial charge in [0, 0.05) is 0 Å². The van der Waals surface area contributed by atoms with E-state index in [0.29, 0.717) is 3.63 Å². The fraction of sp³-hybridized carbons (Fsp3) is 0.304. The number of fused-ring (bicyclic) bond motifs is 3. The predicted molar refractivity (Wildman–Crippen MR) is 98.9 cm³/mol. The van der Waals surface area contributed by atoms with Crippen molar-refractivity contribution < 1.29 is 49.5 Å². The number of benzene rings is 2. The van der Waals surface area contributed by atoms with Crippen molar-refractivity contribution in [1.29, 1.82) is 0 Å². The van der Waals surface area contributed by atoms with Crippen LogP contribution in [0.3, 0.4) is 0 Å². The van der Waals surface area contributed by atoms with Crippen molar-refractivity contribution in [2.75, 3.05) is 0 Å². The molecule has 2 aromatic carbocycles. The van der Waals surface area contributed by atoms with Gasteiger partial charge in [-0.25, -0.2) is 0 Å². The van der Waals surface area contributed by atoms with E-state index in [1.54, 1.807) is 41.4 Å². The molecule has 0 saturated heterocycles. The van der Waals surface area contributed by atoms with Gasteiger partial charge in [0.25, 0.3) is 0 Å². The Bertz CT molecular complexity index is 894. The minimum absolute atomic E-state index is 0. The molecule has 2 aliphatic carbocycles. The molecule has 2 aliphatic rings. The molecule has 0 fully saturated rings. The van der Waals surface area contributed by atoms with E-state index in [4.69, 9.17) is 0 Å². The molecule has 133 valence electrons. The number of allylic oxidation sites excluding steroid dienone is 4. The van der Waals surface area contributed by atoms with E-state index < -0.39 is 0 Å². The minimum atomic E-state index is 0. The first-order valence-corrected chi connectivity index (χ1v) is 10.4. The fourth-order valence-electron chi connectivity index (χ4n) is 4.28. The summed E-state index contributed by atoms with van der Waals surface area (Å²) >= 11 is 1.60. The zero-order valence-corrected chi connectivity index (χ0v) is 19.5. The smallest absolute Gasteiger partial charge is 1.00 e. The molecule has 26 heavy (non-hydrogen) atoms. The Hall–Kier alpha value is -0.617. The summed E-state index contributed by atoms with van der Waals surface area (Å²) in [7, 11) is 0. The average Bonchev–Trinajstić information content (AvgIpc) is 3.17. The first-order valence-electron chi connectivity index (χ1n) is 8.96. The van der Waals surface area contributed by atoms with Gasteiger partial charge in [-0.3, -0.25) is 0 Å². The van der Waals surface area contributed by atoms with Crippen molar-refractivity contribution in [2.24, 2.45) is 0 Å². The number of halogens is 2. The first-order chi connectivity index (χ1) is 11.6. The largest absolute Gasteiger partial charge is 1.00 e. The number of hydrogen-bond donors (Lipinski definition) is 0. The molecule has 0 radical (unpaired) electrons. The quantitative estimate of drug-likeness (QED) is 0.614. The Kier molecular flexibility index (Phi) is 7.17. The van der Waals surface area contributed by atoms with Gasteiger partial charge in [0.05, 0.1) is 0 Å². The second-order valence-electron chi connectivity index (χ2n) is 7.09. The van der Waals surface area contributed by atoms with Gasteiger partial charge in [-0.15, -0.1) is 0 Å². The molecule has 0 aliphatic heterocycles. The summed E-state index contributed by atoms with van der Waals surface area (Å²) in [6.45, 7) is 6.84. The summed E-state index contributed by atoms with van der Waals surface area (Å²) in [4.78, 5) is 0. The molecule has 0 N–H and O–H groups in total. The third kappa shape index (κ3) is 3.44. The Morgan fingerprint density at radius 1 is 1.08 bits per heavy atom. The van der Waals surface area contributed by atoms with Crippen LogP contribution in [0, 0.1) is 13.8 Å². The summed E-state index contributed by atoms with van der Waals surface area (Å²) in [6, 6.07) is 9.53. The molecule has 0 amide bonds. The number of rotatable bonds is 3. The molecule has 1 unspecified atom stereocenters. The van der Waals surface area contributed by atoms with Crippen molar-refractivity contribution >= 4 is 5.57 Å². The van der Waals surface area contributed by atoms with Crippen LogP contribution in [0.15, 0.2) is 42.5 Å².